The van der Waals surface area contributed by atoms with Crippen LogP contribution in [-0.2, 0) is 17.8 Å². The van der Waals surface area contributed by atoms with Crippen LogP contribution in [0.4, 0.5) is 13.2 Å². The lowest BCUT2D eigenvalue weighted by molar-refractivity contribution is -0.162. The van der Waals surface area contributed by atoms with Gasteiger partial charge in [-0.3, -0.25) is 4.79 Å². The zero-order valence-electron chi connectivity index (χ0n) is 14.3. The highest BCUT2D eigenvalue weighted by molar-refractivity contribution is 5.78. The molecule has 0 aliphatic heterocycles. The molecule has 3 rings (SSSR count). The van der Waals surface area contributed by atoms with Crippen molar-refractivity contribution < 1.29 is 22.4 Å². The summed E-state index contributed by atoms with van der Waals surface area (Å²) in [5, 5.41) is 3.13. The molecule has 0 radical (unpaired) electrons. The molecule has 0 fully saturated rings. The second kappa shape index (κ2) is 7.95. The fourth-order valence-electron chi connectivity index (χ4n) is 3.33. The number of halogens is 3. The molecule has 0 saturated carbocycles. The van der Waals surface area contributed by atoms with E-state index in [0.717, 1.165) is 29.7 Å². The molecule has 1 aliphatic carbocycles. The Labute approximate surface area is 150 Å². The SMILES string of the molecule is O=C(CN[C@H]1CCCc2ccccc21)N(Cc1ccco1)CC(F)(F)F. The van der Waals surface area contributed by atoms with E-state index in [9.17, 15) is 18.0 Å². The third-order valence-electron chi connectivity index (χ3n) is 4.52. The maximum absolute atomic E-state index is 12.8. The highest BCUT2D eigenvalue weighted by atomic mass is 19.4. The van der Waals surface area contributed by atoms with Crippen LogP contribution in [0.3, 0.4) is 0 Å². The Morgan fingerprint density at radius 1 is 1.23 bits per heavy atom. The molecule has 0 bridgehead atoms. The molecule has 1 heterocycles. The van der Waals surface area contributed by atoms with Gasteiger partial charge in [-0.25, -0.2) is 0 Å². The number of benzene rings is 1. The summed E-state index contributed by atoms with van der Waals surface area (Å²) < 4.78 is 43.6. The molecule has 1 amide bonds. The molecule has 0 unspecified atom stereocenters. The number of alkyl halides is 3. The average molecular weight is 366 g/mol. The first kappa shape index (κ1) is 18.5. The lowest BCUT2D eigenvalue weighted by atomic mass is 9.88. The van der Waals surface area contributed by atoms with E-state index in [0.29, 0.717) is 5.76 Å². The average Bonchev–Trinajstić information content (AvgIpc) is 3.11. The summed E-state index contributed by atoms with van der Waals surface area (Å²) >= 11 is 0. The third kappa shape index (κ3) is 4.88. The summed E-state index contributed by atoms with van der Waals surface area (Å²) in [6.07, 6.45) is -0.243. The maximum atomic E-state index is 12.8. The van der Waals surface area contributed by atoms with Gasteiger partial charge in [0.2, 0.25) is 5.91 Å². The topological polar surface area (TPSA) is 45.5 Å². The fraction of sp³-hybridized carbons (Fsp3) is 0.421. The Kier molecular flexibility index (Phi) is 5.66. The second-order valence-corrected chi connectivity index (χ2v) is 6.47. The predicted octanol–water partition coefficient (Wildman–Crippen LogP) is 3.84. The number of nitrogens with one attached hydrogen (secondary N) is 1. The minimum absolute atomic E-state index is 0.0137. The van der Waals surface area contributed by atoms with Gasteiger partial charge in [-0.15, -0.1) is 0 Å². The molecule has 1 aromatic heterocycles. The van der Waals surface area contributed by atoms with Crippen LogP contribution in [0.1, 0.15) is 35.8 Å². The van der Waals surface area contributed by atoms with E-state index in [4.69, 9.17) is 4.42 Å². The Morgan fingerprint density at radius 2 is 2.04 bits per heavy atom. The summed E-state index contributed by atoms with van der Waals surface area (Å²) in [6.45, 7) is -1.64. The minimum atomic E-state index is -4.46. The Bertz CT molecular complexity index is 729. The molecule has 0 saturated heterocycles. The van der Waals surface area contributed by atoms with Gasteiger partial charge in [0, 0.05) is 6.04 Å². The molecule has 0 spiro atoms. The van der Waals surface area contributed by atoms with Gasteiger partial charge >= 0.3 is 6.18 Å². The van der Waals surface area contributed by atoms with Crippen molar-refractivity contribution in [2.24, 2.45) is 0 Å². The van der Waals surface area contributed by atoms with E-state index in [-0.39, 0.29) is 19.1 Å². The quantitative estimate of drug-likeness (QED) is 0.845. The maximum Gasteiger partial charge on any atom is 0.406 e. The molecular formula is C19H21F3N2O2. The summed E-state index contributed by atoms with van der Waals surface area (Å²) in [7, 11) is 0. The number of amides is 1. The van der Waals surface area contributed by atoms with Crippen LogP contribution in [0.15, 0.2) is 47.1 Å². The van der Waals surface area contributed by atoms with Crippen LogP contribution in [0, 0.1) is 0 Å². The van der Waals surface area contributed by atoms with Crippen molar-refractivity contribution >= 4 is 5.91 Å². The van der Waals surface area contributed by atoms with Crippen LogP contribution in [0.25, 0.3) is 0 Å². The monoisotopic (exact) mass is 366 g/mol. The number of furan rings is 1. The first-order chi connectivity index (χ1) is 12.4. The Morgan fingerprint density at radius 3 is 2.77 bits per heavy atom. The van der Waals surface area contributed by atoms with Gasteiger partial charge in [-0.05, 0) is 42.5 Å². The zero-order valence-corrected chi connectivity index (χ0v) is 14.3. The van der Waals surface area contributed by atoms with Crippen LogP contribution >= 0.6 is 0 Å². The summed E-state index contributed by atoms with van der Waals surface area (Å²) in [4.78, 5) is 13.2. The molecule has 1 aliphatic rings. The largest absolute Gasteiger partial charge is 0.467 e. The van der Waals surface area contributed by atoms with Gasteiger partial charge < -0.3 is 14.6 Å². The minimum Gasteiger partial charge on any atom is -0.467 e. The Hall–Kier alpha value is -2.28. The zero-order chi connectivity index (χ0) is 18.6. The second-order valence-electron chi connectivity index (χ2n) is 6.47. The Balaban J connectivity index is 1.64. The van der Waals surface area contributed by atoms with Crippen molar-refractivity contribution in [3.63, 3.8) is 0 Å². The van der Waals surface area contributed by atoms with Gasteiger partial charge in [-0.2, -0.15) is 13.2 Å². The van der Waals surface area contributed by atoms with Crippen molar-refractivity contribution in [2.45, 2.75) is 38.0 Å². The summed E-state index contributed by atoms with van der Waals surface area (Å²) in [6, 6.07) is 11.1. The van der Waals surface area contributed by atoms with Crippen molar-refractivity contribution in [3.8, 4) is 0 Å². The highest BCUT2D eigenvalue weighted by Crippen LogP contribution is 2.29. The number of nitrogens with zero attached hydrogens (tertiary/aromatic N) is 1. The number of carbonyl (C=O) groups is 1. The number of hydrogen-bond acceptors (Lipinski definition) is 3. The lowest BCUT2D eigenvalue weighted by Crippen LogP contribution is -2.43. The molecule has 1 aromatic carbocycles. The van der Waals surface area contributed by atoms with Crippen molar-refractivity contribution in [3.05, 3.63) is 59.5 Å². The summed E-state index contributed by atoms with van der Waals surface area (Å²) in [5.41, 5.74) is 2.35. The van der Waals surface area contributed by atoms with E-state index in [1.807, 2.05) is 18.2 Å². The van der Waals surface area contributed by atoms with Crippen LogP contribution in [0.2, 0.25) is 0 Å². The van der Waals surface area contributed by atoms with E-state index in [1.165, 1.54) is 11.8 Å². The standard InChI is InChI=1S/C19H21F3N2O2/c20-19(21,22)13-24(12-15-7-4-10-26-15)18(25)11-23-17-9-3-6-14-5-1-2-8-16(14)17/h1-2,4-5,7-8,10,17,23H,3,6,9,11-13H2/t17-/m0/s1. The fourth-order valence-corrected chi connectivity index (χ4v) is 3.33. The number of aryl methyl sites for hydroxylation is 1. The number of hydrogen-bond donors (Lipinski definition) is 1. The van der Waals surface area contributed by atoms with Crippen molar-refractivity contribution in [2.75, 3.05) is 13.1 Å². The number of rotatable bonds is 6. The van der Waals surface area contributed by atoms with Gasteiger partial charge in [0.25, 0.3) is 0 Å². The molecule has 7 heteroatoms. The summed E-state index contributed by atoms with van der Waals surface area (Å²) in [5.74, 6) is -0.271. The van der Waals surface area contributed by atoms with E-state index < -0.39 is 18.6 Å². The van der Waals surface area contributed by atoms with Gasteiger partial charge in [0.15, 0.2) is 0 Å². The molecule has 1 atom stereocenters. The van der Waals surface area contributed by atoms with Crippen LogP contribution in [-0.4, -0.2) is 30.1 Å². The van der Waals surface area contributed by atoms with E-state index in [1.54, 1.807) is 12.1 Å². The predicted molar refractivity (Wildman–Crippen MR) is 90.3 cm³/mol. The van der Waals surface area contributed by atoms with Gasteiger partial charge in [0.1, 0.15) is 12.3 Å². The number of carbonyl (C=O) groups excluding carboxylic acids is 1. The number of fused-ring (bicyclic) bond motifs is 1. The van der Waals surface area contributed by atoms with E-state index >= 15 is 0 Å². The molecule has 4 nitrogen and oxygen atoms in total. The first-order valence-electron chi connectivity index (χ1n) is 8.60. The van der Waals surface area contributed by atoms with Crippen LogP contribution < -0.4 is 5.32 Å². The highest BCUT2D eigenvalue weighted by Gasteiger charge is 2.33. The van der Waals surface area contributed by atoms with Crippen LogP contribution in [0.5, 0.6) is 0 Å². The molecule has 1 N–H and O–H groups in total. The first-order valence-corrected chi connectivity index (χ1v) is 8.60. The van der Waals surface area contributed by atoms with Crippen molar-refractivity contribution in [1.29, 1.82) is 0 Å². The van der Waals surface area contributed by atoms with Gasteiger partial charge in [0.05, 0.1) is 19.4 Å². The molecular weight excluding hydrogens is 345 g/mol. The molecule has 26 heavy (non-hydrogen) atoms. The lowest BCUT2D eigenvalue weighted by Gasteiger charge is -2.28. The third-order valence-corrected chi connectivity index (χ3v) is 4.52. The molecule has 2 aromatic rings. The van der Waals surface area contributed by atoms with E-state index in [2.05, 4.69) is 11.4 Å². The molecule has 140 valence electrons. The smallest absolute Gasteiger partial charge is 0.406 e. The van der Waals surface area contributed by atoms with Gasteiger partial charge in [-0.1, -0.05) is 24.3 Å². The van der Waals surface area contributed by atoms with Crippen molar-refractivity contribution in [1.82, 2.24) is 10.2 Å². The normalized spacial score (nSPS) is 17.0.